The Morgan fingerprint density at radius 1 is 1.39 bits per heavy atom. The zero-order chi connectivity index (χ0) is 17.6. The highest BCUT2D eigenvalue weighted by Crippen LogP contribution is 2.38. The summed E-state index contributed by atoms with van der Waals surface area (Å²) < 4.78 is 11.0. The van der Waals surface area contributed by atoms with Crippen LogP contribution in [0.25, 0.3) is 0 Å². The third-order valence-corrected chi connectivity index (χ3v) is 4.41. The number of ether oxygens (including phenoxy) is 2. The zero-order valence-electron chi connectivity index (χ0n) is 14.7. The number of aliphatic hydroxyl groups is 1. The molecule has 132 valence electrons. The van der Waals surface area contributed by atoms with Crippen LogP contribution in [0.5, 0.6) is 0 Å². The van der Waals surface area contributed by atoms with E-state index in [1.807, 2.05) is 13.8 Å². The third-order valence-electron chi connectivity index (χ3n) is 4.41. The van der Waals surface area contributed by atoms with Gasteiger partial charge in [-0.05, 0) is 41.5 Å². The molecule has 1 fully saturated rings. The largest absolute Gasteiger partial charge is 0.388 e. The lowest BCUT2D eigenvalue weighted by atomic mass is 9.96. The van der Waals surface area contributed by atoms with Gasteiger partial charge in [0.2, 0.25) is 5.91 Å². The smallest absolute Gasteiger partial charge is 0.249 e. The molecule has 7 nitrogen and oxygen atoms in total. The van der Waals surface area contributed by atoms with Gasteiger partial charge >= 0.3 is 0 Å². The molecule has 0 aromatic heterocycles. The Morgan fingerprint density at radius 3 is 2.43 bits per heavy atom. The van der Waals surface area contributed by atoms with Gasteiger partial charge in [-0.15, -0.1) is 0 Å². The second-order valence-electron chi connectivity index (χ2n) is 7.73. The molecule has 2 rings (SSSR count). The Morgan fingerprint density at radius 2 is 2.00 bits per heavy atom. The first-order chi connectivity index (χ1) is 10.4. The molecule has 2 heterocycles. The van der Waals surface area contributed by atoms with Crippen molar-refractivity contribution >= 4 is 5.91 Å². The Balaban J connectivity index is 1.95. The van der Waals surface area contributed by atoms with Crippen LogP contribution in [-0.4, -0.2) is 63.5 Å². The third kappa shape index (κ3) is 3.59. The SMILES string of the molecule is CC1(C)OCC(C(O)CNC(=O)C2=CC(C)(C)N(O)C2(C)C)O1. The highest BCUT2D eigenvalue weighted by Gasteiger charge is 2.47. The number of amides is 1. The normalized spacial score (nSPS) is 30.1. The van der Waals surface area contributed by atoms with Gasteiger partial charge in [-0.2, -0.15) is 5.06 Å². The van der Waals surface area contributed by atoms with Crippen molar-refractivity contribution in [1.29, 1.82) is 0 Å². The lowest BCUT2D eigenvalue weighted by molar-refractivity contribution is -0.186. The van der Waals surface area contributed by atoms with Crippen molar-refractivity contribution in [3.63, 3.8) is 0 Å². The van der Waals surface area contributed by atoms with E-state index in [1.165, 1.54) is 5.06 Å². The molecule has 0 aromatic rings. The summed E-state index contributed by atoms with van der Waals surface area (Å²) in [7, 11) is 0. The average molecular weight is 328 g/mol. The van der Waals surface area contributed by atoms with Gasteiger partial charge in [-0.3, -0.25) is 4.79 Å². The van der Waals surface area contributed by atoms with E-state index in [9.17, 15) is 15.1 Å². The Hall–Kier alpha value is -0.990. The number of nitrogens with one attached hydrogen (secondary N) is 1. The van der Waals surface area contributed by atoms with E-state index in [2.05, 4.69) is 5.32 Å². The zero-order valence-corrected chi connectivity index (χ0v) is 14.7. The molecular weight excluding hydrogens is 300 g/mol. The summed E-state index contributed by atoms with van der Waals surface area (Å²) in [6, 6.07) is 0. The molecule has 7 heteroatoms. The van der Waals surface area contributed by atoms with E-state index >= 15 is 0 Å². The summed E-state index contributed by atoms with van der Waals surface area (Å²) in [5.41, 5.74) is -0.949. The van der Waals surface area contributed by atoms with Crippen LogP contribution >= 0.6 is 0 Å². The molecule has 0 radical (unpaired) electrons. The number of rotatable bonds is 4. The van der Waals surface area contributed by atoms with Crippen LogP contribution in [0.3, 0.4) is 0 Å². The molecule has 2 aliphatic heterocycles. The monoisotopic (exact) mass is 328 g/mol. The fraction of sp³-hybridized carbons (Fsp3) is 0.812. The van der Waals surface area contributed by atoms with E-state index in [0.29, 0.717) is 5.57 Å². The first kappa shape index (κ1) is 18.4. The molecule has 3 N–H and O–H groups in total. The average Bonchev–Trinajstić information content (AvgIpc) is 2.87. The number of hydrogen-bond acceptors (Lipinski definition) is 6. The first-order valence-corrected chi connectivity index (χ1v) is 7.87. The van der Waals surface area contributed by atoms with Gasteiger partial charge in [0.15, 0.2) is 5.79 Å². The van der Waals surface area contributed by atoms with Crippen molar-refractivity contribution in [3.8, 4) is 0 Å². The maximum absolute atomic E-state index is 12.4. The van der Waals surface area contributed by atoms with Crippen LogP contribution in [-0.2, 0) is 14.3 Å². The molecule has 0 saturated carbocycles. The van der Waals surface area contributed by atoms with Crippen molar-refractivity contribution in [1.82, 2.24) is 10.4 Å². The molecule has 2 aliphatic rings. The van der Waals surface area contributed by atoms with Gasteiger partial charge in [0.25, 0.3) is 0 Å². The van der Waals surface area contributed by atoms with Gasteiger partial charge in [0.05, 0.1) is 23.8 Å². The number of hydrogen-bond donors (Lipinski definition) is 3. The van der Waals surface area contributed by atoms with E-state index < -0.39 is 29.1 Å². The highest BCUT2D eigenvalue weighted by atomic mass is 16.7. The minimum atomic E-state index is -0.857. The molecule has 1 saturated heterocycles. The van der Waals surface area contributed by atoms with Gasteiger partial charge in [-0.1, -0.05) is 6.08 Å². The molecule has 0 aliphatic carbocycles. The molecule has 23 heavy (non-hydrogen) atoms. The minimum Gasteiger partial charge on any atom is -0.388 e. The van der Waals surface area contributed by atoms with Gasteiger partial charge < -0.3 is 25.1 Å². The van der Waals surface area contributed by atoms with E-state index in [4.69, 9.17) is 9.47 Å². The van der Waals surface area contributed by atoms with Crippen molar-refractivity contribution in [3.05, 3.63) is 11.6 Å². The van der Waals surface area contributed by atoms with Crippen LogP contribution < -0.4 is 5.32 Å². The lowest BCUT2D eigenvalue weighted by Crippen LogP contribution is -2.50. The Bertz CT molecular complexity index is 513. The number of hydroxylamine groups is 2. The van der Waals surface area contributed by atoms with E-state index in [-0.39, 0.29) is 19.1 Å². The predicted octanol–water partition coefficient (Wildman–Crippen LogP) is 0.803. The van der Waals surface area contributed by atoms with E-state index in [0.717, 1.165) is 0 Å². The Labute approximate surface area is 137 Å². The Kier molecular flexibility index (Phi) is 4.65. The summed E-state index contributed by atoms with van der Waals surface area (Å²) in [6.45, 7) is 11.1. The summed E-state index contributed by atoms with van der Waals surface area (Å²) in [4.78, 5) is 12.4. The molecule has 0 bridgehead atoms. The predicted molar refractivity (Wildman–Crippen MR) is 83.8 cm³/mol. The fourth-order valence-corrected chi connectivity index (χ4v) is 3.10. The van der Waals surface area contributed by atoms with Crippen LogP contribution in [0, 0.1) is 0 Å². The van der Waals surface area contributed by atoms with Crippen LogP contribution in [0.2, 0.25) is 0 Å². The van der Waals surface area contributed by atoms with Crippen molar-refractivity contribution in [2.75, 3.05) is 13.2 Å². The summed E-state index contributed by atoms with van der Waals surface area (Å²) >= 11 is 0. The fourth-order valence-electron chi connectivity index (χ4n) is 3.10. The molecule has 1 amide bonds. The standard InChI is InChI=1S/C16H28N2O5/c1-14(2)7-10(15(3,4)18(14)21)13(20)17-8-11(19)12-9-22-16(5,6)23-12/h7,11-12,19,21H,8-9H2,1-6H3,(H,17,20). The second kappa shape index (κ2) is 5.82. The molecule has 2 unspecified atom stereocenters. The number of aliphatic hydroxyl groups excluding tert-OH is 1. The van der Waals surface area contributed by atoms with Crippen LogP contribution in [0.1, 0.15) is 41.5 Å². The van der Waals surface area contributed by atoms with E-state index in [1.54, 1.807) is 33.8 Å². The second-order valence-corrected chi connectivity index (χ2v) is 7.73. The number of nitrogens with zero attached hydrogens (tertiary/aromatic N) is 1. The molecule has 0 aromatic carbocycles. The highest BCUT2D eigenvalue weighted by molar-refractivity contribution is 5.96. The summed E-state index contributed by atoms with van der Waals surface area (Å²) in [6.07, 6.45) is 0.415. The van der Waals surface area contributed by atoms with Crippen molar-refractivity contribution < 1.29 is 24.6 Å². The van der Waals surface area contributed by atoms with Crippen LogP contribution in [0.15, 0.2) is 11.6 Å². The summed E-state index contributed by atoms with van der Waals surface area (Å²) in [5.74, 6) is -1.02. The maximum atomic E-state index is 12.4. The van der Waals surface area contributed by atoms with Gasteiger partial charge in [0.1, 0.15) is 6.10 Å². The number of carbonyl (C=O) groups excluding carboxylic acids is 1. The van der Waals surface area contributed by atoms with Crippen LogP contribution in [0.4, 0.5) is 0 Å². The summed E-state index contributed by atoms with van der Waals surface area (Å²) in [5, 5.41) is 24.3. The lowest BCUT2D eigenvalue weighted by Gasteiger charge is -2.35. The van der Waals surface area contributed by atoms with Crippen molar-refractivity contribution in [2.24, 2.45) is 0 Å². The number of carbonyl (C=O) groups is 1. The van der Waals surface area contributed by atoms with Gasteiger partial charge in [-0.25, -0.2) is 0 Å². The maximum Gasteiger partial charge on any atom is 0.249 e. The molecule has 2 atom stereocenters. The molecule has 0 spiro atoms. The first-order valence-electron chi connectivity index (χ1n) is 7.87. The van der Waals surface area contributed by atoms with Crippen molar-refractivity contribution in [2.45, 2.75) is 70.6 Å². The topological polar surface area (TPSA) is 91.3 Å². The minimum absolute atomic E-state index is 0.0578. The van der Waals surface area contributed by atoms with Gasteiger partial charge in [0, 0.05) is 12.1 Å². The molecular formula is C16H28N2O5. The quantitative estimate of drug-likeness (QED) is 0.707.